The van der Waals surface area contributed by atoms with E-state index in [1.807, 2.05) is 30.4 Å². The van der Waals surface area contributed by atoms with Gasteiger partial charge in [-0.3, -0.25) is 14.4 Å². The standard InChI is InChI=1S/C28H29N5O3/c34-26(23-9-5-13-33(28(23)36)17-20-6-2-1-3-7-20)30-12-4-8-19-10-11-22-24(15-21-16-29-18-31-21)27(35)32-25(22)14-19/h4-5,8-11,13-16,18,20H,1-3,6-7,12,17H2,(H,29,31)(H,30,34)(H,32,35)/b8-4+,24-15-. The second-order valence-electron chi connectivity index (χ2n) is 9.32. The minimum Gasteiger partial charge on any atom is -0.348 e. The summed E-state index contributed by atoms with van der Waals surface area (Å²) in [4.78, 5) is 44.8. The topological polar surface area (TPSA) is 109 Å². The number of imidazole rings is 1. The number of hydrogen-bond donors (Lipinski definition) is 3. The zero-order valence-electron chi connectivity index (χ0n) is 20.0. The van der Waals surface area contributed by atoms with Crippen LogP contribution in [-0.2, 0) is 11.3 Å². The molecule has 0 saturated heterocycles. The van der Waals surface area contributed by atoms with Crippen molar-refractivity contribution in [2.75, 3.05) is 11.9 Å². The molecule has 0 atom stereocenters. The first-order valence-corrected chi connectivity index (χ1v) is 12.4. The summed E-state index contributed by atoms with van der Waals surface area (Å²) in [6, 6.07) is 9.05. The largest absolute Gasteiger partial charge is 0.348 e. The molecule has 3 heterocycles. The van der Waals surface area contributed by atoms with E-state index in [-0.39, 0.29) is 29.5 Å². The molecule has 1 aliphatic heterocycles. The number of benzene rings is 1. The van der Waals surface area contributed by atoms with Crippen LogP contribution in [0.2, 0.25) is 0 Å². The van der Waals surface area contributed by atoms with Gasteiger partial charge in [0.05, 0.1) is 23.8 Å². The van der Waals surface area contributed by atoms with Gasteiger partial charge in [-0.05, 0) is 48.6 Å². The molecule has 0 spiro atoms. The summed E-state index contributed by atoms with van der Waals surface area (Å²) >= 11 is 0. The number of pyridine rings is 1. The Bertz CT molecular complexity index is 1380. The lowest BCUT2D eigenvalue weighted by atomic mass is 9.89. The van der Waals surface area contributed by atoms with E-state index in [1.165, 1.54) is 19.3 Å². The average Bonchev–Trinajstić information content (AvgIpc) is 3.51. The predicted octanol–water partition coefficient (Wildman–Crippen LogP) is 4.09. The van der Waals surface area contributed by atoms with E-state index in [0.717, 1.165) is 35.3 Å². The number of anilines is 1. The van der Waals surface area contributed by atoms with Crippen LogP contribution in [0.25, 0.3) is 17.7 Å². The summed E-state index contributed by atoms with van der Waals surface area (Å²) < 4.78 is 1.68. The molecule has 2 aromatic heterocycles. The Kier molecular flexibility index (Phi) is 6.93. The van der Waals surface area contributed by atoms with Crippen LogP contribution in [0.3, 0.4) is 0 Å². The normalized spacial score (nSPS) is 16.9. The Balaban J connectivity index is 1.20. The molecule has 1 fully saturated rings. The minimum atomic E-state index is -0.377. The molecule has 1 aliphatic carbocycles. The molecule has 1 aromatic carbocycles. The van der Waals surface area contributed by atoms with Crippen molar-refractivity contribution in [1.29, 1.82) is 0 Å². The molecule has 2 aliphatic rings. The van der Waals surface area contributed by atoms with Crippen molar-refractivity contribution in [2.45, 2.75) is 38.6 Å². The van der Waals surface area contributed by atoms with Gasteiger partial charge in [-0.15, -0.1) is 0 Å². The van der Waals surface area contributed by atoms with Crippen molar-refractivity contribution < 1.29 is 9.59 Å². The van der Waals surface area contributed by atoms with Gasteiger partial charge in [-0.25, -0.2) is 4.98 Å². The number of rotatable bonds is 7. The third-order valence-electron chi connectivity index (χ3n) is 6.78. The van der Waals surface area contributed by atoms with Crippen molar-refractivity contribution >= 4 is 35.2 Å². The minimum absolute atomic E-state index is 0.162. The molecule has 2 amide bonds. The van der Waals surface area contributed by atoms with E-state index < -0.39 is 0 Å². The van der Waals surface area contributed by atoms with Crippen LogP contribution in [0.15, 0.2) is 59.9 Å². The lowest BCUT2D eigenvalue weighted by molar-refractivity contribution is -0.110. The molecule has 0 unspecified atom stereocenters. The van der Waals surface area contributed by atoms with Gasteiger partial charge in [0.1, 0.15) is 5.56 Å². The monoisotopic (exact) mass is 483 g/mol. The number of nitrogens with zero attached hydrogens (tertiary/aromatic N) is 2. The molecule has 36 heavy (non-hydrogen) atoms. The number of fused-ring (bicyclic) bond motifs is 1. The molecule has 8 nitrogen and oxygen atoms in total. The van der Waals surface area contributed by atoms with E-state index in [0.29, 0.717) is 18.0 Å². The van der Waals surface area contributed by atoms with Gasteiger partial charge >= 0.3 is 0 Å². The first-order chi connectivity index (χ1) is 17.6. The summed E-state index contributed by atoms with van der Waals surface area (Å²) in [5, 5.41) is 5.69. The van der Waals surface area contributed by atoms with E-state index in [2.05, 4.69) is 20.6 Å². The van der Waals surface area contributed by atoms with Gasteiger partial charge in [-0.2, -0.15) is 0 Å². The molecule has 1 saturated carbocycles. The number of H-pyrrole nitrogens is 1. The Morgan fingerprint density at radius 1 is 1.17 bits per heavy atom. The summed E-state index contributed by atoms with van der Waals surface area (Å²) in [5.74, 6) is -0.0331. The van der Waals surface area contributed by atoms with Crippen molar-refractivity contribution in [2.24, 2.45) is 5.92 Å². The SMILES string of the molecule is O=C1Nc2cc(/C=C/CNC(=O)c3cccn(CC4CCCCC4)c3=O)ccc2/C1=C/c1cnc[nH]1. The second-order valence-corrected chi connectivity index (χ2v) is 9.32. The molecule has 8 heteroatoms. The fourth-order valence-corrected chi connectivity index (χ4v) is 4.90. The van der Waals surface area contributed by atoms with Crippen molar-refractivity contribution in [3.05, 3.63) is 87.9 Å². The number of amides is 2. The molecule has 0 radical (unpaired) electrons. The number of aromatic nitrogens is 3. The zero-order chi connectivity index (χ0) is 24.9. The Morgan fingerprint density at radius 2 is 2.03 bits per heavy atom. The number of carbonyl (C=O) groups excluding carboxylic acids is 2. The van der Waals surface area contributed by atoms with E-state index in [9.17, 15) is 14.4 Å². The summed E-state index contributed by atoms with van der Waals surface area (Å²) in [5.41, 5.74) is 3.71. The first kappa shape index (κ1) is 23.5. The van der Waals surface area contributed by atoms with Gasteiger partial charge in [0.15, 0.2) is 0 Å². The lowest BCUT2D eigenvalue weighted by Crippen LogP contribution is -2.34. The smallest absolute Gasteiger partial charge is 0.263 e. The number of carbonyl (C=O) groups is 2. The van der Waals surface area contributed by atoms with Crippen molar-refractivity contribution in [3.8, 4) is 0 Å². The maximum absolute atomic E-state index is 12.8. The lowest BCUT2D eigenvalue weighted by Gasteiger charge is -2.22. The Morgan fingerprint density at radius 3 is 2.83 bits per heavy atom. The molecule has 3 N–H and O–H groups in total. The van der Waals surface area contributed by atoms with Crippen molar-refractivity contribution in [3.63, 3.8) is 0 Å². The summed E-state index contributed by atoms with van der Waals surface area (Å²) in [6.07, 6.45) is 16.4. The van der Waals surface area contributed by atoms with Gasteiger partial charge in [0, 0.05) is 30.5 Å². The summed E-state index contributed by atoms with van der Waals surface area (Å²) in [6.45, 7) is 0.956. The molecule has 184 valence electrons. The summed E-state index contributed by atoms with van der Waals surface area (Å²) in [7, 11) is 0. The van der Waals surface area contributed by atoms with Crippen LogP contribution in [0.5, 0.6) is 0 Å². The zero-order valence-corrected chi connectivity index (χ0v) is 20.0. The van der Waals surface area contributed by atoms with Crippen LogP contribution >= 0.6 is 0 Å². The van der Waals surface area contributed by atoms with Crippen LogP contribution in [0, 0.1) is 5.92 Å². The highest BCUT2D eigenvalue weighted by Gasteiger charge is 2.24. The third-order valence-corrected chi connectivity index (χ3v) is 6.78. The quantitative estimate of drug-likeness (QED) is 0.440. The fraction of sp³-hybridized carbons (Fsp3) is 0.286. The molecule has 5 rings (SSSR count). The van der Waals surface area contributed by atoms with Crippen LogP contribution in [0.1, 0.15) is 59.3 Å². The Hall–Kier alpha value is -4.20. The molecular weight excluding hydrogens is 454 g/mol. The number of aromatic amines is 1. The maximum atomic E-state index is 12.8. The third kappa shape index (κ3) is 5.22. The highest BCUT2D eigenvalue weighted by molar-refractivity contribution is 6.34. The van der Waals surface area contributed by atoms with Gasteiger partial charge in [-0.1, -0.05) is 43.5 Å². The van der Waals surface area contributed by atoms with Gasteiger partial charge in [0.2, 0.25) is 0 Å². The fourth-order valence-electron chi connectivity index (χ4n) is 4.90. The van der Waals surface area contributed by atoms with Crippen LogP contribution in [0.4, 0.5) is 5.69 Å². The maximum Gasteiger partial charge on any atom is 0.263 e. The van der Waals surface area contributed by atoms with Gasteiger partial charge in [0.25, 0.3) is 17.4 Å². The second kappa shape index (κ2) is 10.6. The van der Waals surface area contributed by atoms with E-state index in [1.54, 1.807) is 41.5 Å². The van der Waals surface area contributed by atoms with Crippen molar-refractivity contribution in [1.82, 2.24) is 19.9 Å². The first-order valence-electron chi connectivity index (χ1n) is 12.4. The highest BCUT2D eigenvalue weighted by atomic mass is 16.2. The van der Waals surface area contributed by atoms with E-state index in [4.69, 9.17) is 0 Å². The predicted molar refractivity (Wildman–Crippen MR) is 140 cm³/mol. The molecule has 3 aromatic rings. The van der Waals surface area contributed by atoms with Gasteiger partial charge < -0.3 is 20.2 Å². The van der Waals surface area contributed by atoms with Crippen LogP contribution in [-0.4, -0.2) is 32.9 Å². The molecule has 0 bridgehead atoms. The highest BCUT2D eigenvalue weighted by Crippen LogP contribution is 2.33. The number of hydrogen-bond acceptors (Lipinski definition) is 4. The van der Waals surface area contributed by atoms with Crippen LogP contribution < -0.4 is 16.2 Å². The van der Waals surface area contributed by atoms with E-state index >= 15 is 0 Å². The molecular formula is C28H29N5O3. The number of nitrogens with one attached hydrogen (secondary N) is 3. The average molecular weight is 484 g/mol. The Labute approximate surface area is 209 Å².